The van der Waals surface area contributed by atoms with Crippen molar-refractivity contribution in [1.29, 1.82) is 0 Å². The minimum absolute atomic E-state index is 0.142. The standard InChI is InChI=1S/C25H22BrN3O/c1-18-6-8-20(9-7-18)16-29-17-21(23-4-2-3-5-24(23)29)15-27-28-25(30)14-19-10-12-22(26)13-11-19/h2-13,15,17H,14,16H2,1H3,(H,28,30)/b27-15-. The smallest absolute Gasteiger partial charge is 0.244 e. The fourth-order valence-corrected chi connectivity index (χ4v) is 3.66. The van der Waals surface area contributed by atoms with Gasteiger partial charge in [0, 0.05) is 33.7 Å². The molecule has 0 atom stereocenters. The van der Waals surface area contributed by atoms with Crippen molar-refractivity contribution in [3.05, 3.63) is 106 Å². The Balaban J connectivity index is 1.49. The molecule has 4 aromatic rings. The third-order valence-corrected chi connectivity index (χ3v) is 5.49. The number of nitrogens with one attached hydrogen (secondary N) is 1. The van der Waals surface area contributed by atoms with Crippen LogP contribution in [0.2, 0.25) is 0 Å². The number of nitrogens with zero attached hydrogens (tertiary/aromatic N) is 2. The molecule has 30 heavy (non-hydrogen) atoms. The molecule has 0 fully saturated rings. The van der Waals surface area contributed by atoms with Crippen LogP contribution < -0.4 is 5.43 Å². The average Bonchev–Trinajstić information content (AvgIpc) is 3.09. The highest BCUT2D eigenvalue weighted by molar-refractivity contribution is 9.10. The second-order valence-electron chi connectivity index (χ2n) is 7.31. The van der Waals surface area contributed by atoms with Gasteiger partial charge < -0.3 is 4.57 Å². The Hall–Kier alpha value is -3.18. The van der Waals surface area contributed by atoms with Crippen molar-refractivity contribution in [2.75, 3.05) is 0 Å². The van der Waals surface area contributed by atoms with E-state index in [0.29, 0.717) is 6.42 Å². The minimum Gasteiger partial charge on any atom is -0.342 e. The lowest BCUT2D eigenvalue weighted by Gasteiger charge is -2.06. The number of aromatic nitrogens is 1. The molecule has 5 heteroatoms. The maximum absolute atomic E-state index is 12.2. The first-order valence-electron chi connectivity index (χ1n) is 9.78. The molecule has 4 nitrogen and oxygen atoms in total. The Kier molecular flexibility index (Phi) is 6.10. The Labute approximate surface area is 184 Å². The number of hydrogen-bond donors (Lipinski definition) is 1. The van der Waals surface area contributed by atoms with Crippen LogP contribution in [0.1, 0.15) is 22.3 Å². The molecule has 1 heterocycles. The molecular weight excluding hydrogens is 438 g/mol. The fraction of sp³-hybridized carbons (Fsp3) is 0.120. The quantitative estimate of drug-likeness (QED) is 0.302. The highest BCUT2D eigenvalue weighted by Crippen LogP contribution is 2.21. The molecular formula is C25H22BrN3O. The van der Waals surface area contributed by atoms with Crippen LogP contribution >= 0.6 is 15.9 Å². The molecule has 0 saturated carbocycles. The highest BCUT2D eigenvalue weighted by atomic mass is 79.9. The molecule has 0 unspecified atom stereocenters. The first kappa shape index (κ1) is 20.1. The van der Waals surface area contributed by atoms with Crippen LogP contribution in [0.4, 0.5) is 0 Å². The normalized spacial score (nSPS) is 11.3. The molecule has 1 amide bonds. The summed E-state index contributed by atoms with van der Waals surface area (Å²) in [4.78, 5) is 12.2. The number of rotatable bonds is 6. The van der Waals surface area contributed by atoms with E-state index in [4.69, 9.17) is 0 Å². The number of hydrazone groups is 1. The number of amides is 1. The molecule has 0 aliphatic heterocycles. The molecule has 0 aliphatic rings. The summed E-state index contributed by atoms with van der Waals surface area (Å²) >= 11 is 3.40. The van der Waals surface area contributed by atoms with Crippen molar-refractivity contribution < 1.29 is 4.79 Å². The summed E-state index contributed by atoms with van der Waals surface area (Å²) in [6, 6.07) is 24.5. The number of carbonyl (C=O) groups is 1. The van der Waals surface area contributed by atoms with Gasteiger partial charge in [0.05, 0.1) is 12.6 Å². The van der Waals surface area contributed by atoms with E-state index >= 15 is 0 Å². The summed E-state index contributed by atoms with van der Waals surface area (Å²) in [5, 5.41) is 5.30. The van der Waals surface area contributed by atoms with Crippen LogP contribution in [0, 0.1) is 6.92 Å². The van der Waals surface area contributed by atoms with E-state index in [-0.39, 0.29) is 5.91 Å². The minimum atomic E-state index is -0.142. The third kappa shape index (κ3) is 4.86. The number of benzene rings is 3. The Morgan fingerprint density at radius 2 is 1.70 bits per heavy atom. The Morgan fingerprint density at radius 3 is 2.47 bits per heavy atom. The monoisotopic (exact) mass is 459 g/mol. The van der Waals surface area contributed by atoms with Gasteiger partial charge in [-0.1, -0.05) is 76.1 Å². The lowest BCUT2D eigenvalue weighted by atomic mass is 10.1. The third-order valence-electron chi connectivity index (χ3n) is 4.96. The fourth-order valence-electron chi connectivity index (χ4n) is 3.40. The van der Waals surface area contributed by atoms with Crippen LogP contribution in [0.5, 0.6) is 0 Å². The van der Waals surface area contributed by atoms with Gasteiger partial charge in [0.15, 0.2) is 0 Å². The van der Waals surface area contributed by atoms with Gasteiger partial charge in [-0.25, -0.2) is 5.43 Å². The largest absolute Gasteiger partial charge is 0.342 e. The van der Waals surface area contributed by atoms with Gasteiger partial charge in [-0.2, -0.15) is 5.10 Å². The topological polar surface area (TPSA) is 46.4 Å². The molecule has 0 aliphatic carbocycles. The maximum Gasteiger partial charge on any atom is 0.244 e. The number of hydrogen-bond acceptors (Lipinski definition) is 2. The van der Waals surface area contributed by atoms with Gasteiger partial charge in [0.2, 0.25) is 5.91 Å². The molecule has 1 N–H and O–H groups in total. The second-order valence-corrected chi connectivity index (χ2v) is 8.23. The van der Waals surface area contributed by atoms with Gasteiger partial charge in [-0.05, 0) is 36.2 Å². The molecule has 0 bridgehead atoms. The molecule has 4 rings (SSSR count). The molecule has 0 saturated heterocycles. The number of aryl methyl sites for hydroxylation is 1. The lowest BCUT2D eigenvalue weighted by molar-refractivity contribution is -0.120. The van der Waals surface area contributed by atoms with Crippen LogP contribution in [0.15, 0.2) is 88.6 Å². The molecule has 0 radical (unpaired) electrons. The summed E-state index contributed by atoms with van der Waals surface area (Å²) < 4.78 is 3.21. The summed E-state index contributed by atoms with van der Waals surface area (Å²) in [7, 11) is 0. The predicted molar refractivity (Wildman–Crippen MR) is 126 cm³/mol. The van der Waals surface area contributed by atoms with Crippen LogP contribution in [-0.4, -0.2) is 16.7 Å². The van der Waals surface area contributed by atoms with E-state index in [1.54, 1.807) is 6.21 Å². The van der Waals surface area contributed by atoms with Crippen LogP contribution in [0.3, 0.4) is 0 Å². The average molecular weight is 460 g/mol. The Morgan fingerprint density at radius 1 is 1.00 bits per heavy atom. The summed E-state index contributed by atoms with van der Waals surface area (Å²) in [6.45, 7) is 2.87. The number of carbonyl (C=O) groups excluding carboxylic acids is 1. The maximum atomic E-state index is 12.2. The predicted octanol–water partition coefficient (Wildman–Crippen LogP) is 5.45. The number of fused-ring (bicyclic) bond motifs is 1. The zero-order chi connectivity index (χ0) is 20.9. The first-order chi connectivity index (χ1) is 14.6. The van der Waals surface area contributed by atoms with E-state index in [0.717, 1.165) is 33.0 Å². The highest BCUT2D eigenvalue weighted by Gasteiger charge is 2.08. The van der Waals surface area contributed by atoms with Crippen molar-refractivity contribution >= 4 is 39.0 Å². The zero-order valence-corrected chi connectivity index (χ0v) is 18.3. The molecule has 1 aromatic heterocycles. The number of para-hydroxylation sites is 1. The molecule has 150 valence electrons. The van der Waals surface area contributed by atoms with Gasteiger partial charge in [-0.3, -0.25) is 4.79 Å². The van der Waals surface area contributed by atoms with Crippen molar-refractivity contribution in [1.82, 2.24) is 9.99 Å². The van der Waals surface area contributed by atoms with Gasteiger partial charge in [0.25, 0.3) is 0 Å². The first-order valence-corrected chi connectivity index (χ1v) is 10.6. The molecule has 0 spiro atoms. The van der Waals surface area contributed by atoms with Crippen molar-refractivity contribution in [3.63, 3.8) is 0 Å². The van der Waals surface area contributed by atoms with Crippen LogP contribution in [-0.2, 0) is 17.8 Å². The van der Waals surface area contributed by atoms with E-state index in [1.807, 2.05) is 36.4 Å². The van der Waals surface area contributed by atoms with E-state index in [1.165, 1.54) is 11.1 Å². The van der Waals surface area contributed by atoms with Crippen LogP contribution in [0.25, 0.3) is 10.9 Å². The van der Waals surface area contributed by atoms with E-state index < -0.39 is 0 Å². The zero-order valence-electron chi connectivity index (χ0n) is 16.7. The second kappa shape index (κ2) is 9.09. The van der Waals surface area contributed by atoms with Crippen molar-refractivity contribution in [3.8, 4) is 0 Å². The van der Waals surface area contributed by atoms with E-state index in [9.17, 15) is 4.79 Å². The van der Waals surface area contributed by atoms with Gasteiger partial charge in [-0.15, -0.1) is 0 Å². The number of halogens is 1. The van der Waals surface area contributed by atoms with E-state index in [2.05, 4.69) is 80.5 Å². The summed E-state index contributed by atoms with van der Waals surface area (Å²) in [5.41, 5.74) is 8.19. The summed E-state index contributed by atoms with van der Waals surface area (Å²) in [6.07, 6.45) is 4.09. The van der Waals surface area contributed by atoms with Crippen molar-refractivity contribution in [2.45, 2.75) is 19.9 Å². The Bertz CT molecular complexity index is 1190. The van der Waals surface area contributed by atoms with Gasteiger partial charge >= 0.3 is 0 Å². The molecule has 3 aromatic carbocycles. The summed E-state index contributed by atoms with van der Waals surface area (Å²) in [5.74, 6) is -0.142. The van der Waals surface area contributed by atoms with Crippen molar-refractivity contribution in [2.24, 2.45) is 5.10 Å². The van der Waals surface area contributed by atoms with Gasteiger partial charge in [0.1, 0.15) is 0 Å². The SMILES string of the molecule is Cc1ccc(Cn2cc(/C=N\NC(=O)Cc3ccc(Br)cc3)c3ccccc32)cc1. The lowest BCUT2D eigenvalue weighted by Crippen LogP contribution is -2.19.